The van der Waals surface area contributed by atoms with Crippen LogP contribution in [0.4, 0.5) is 13.2 Å². The first-order valence-corrected chi connectivity index (χ1v) is 17.4. The van der Waals surface area contributed by atoms with Gasteiger partial charge in [-0.1, -0.05) is 70.9 Å². The summed E-state index contributed by atoms with van der Waals surface area (Å²) in [5.74, 6) is -6.97. The molecule has 3 atom stereocenters. The Bertz CT molecular complexity index is 1300. The molecule has 1 amide bonds. The number of aryl methyl sites for hydroxylation is 1. The van der Waals surface area contributed by atoms with E-state index in [0.717, 1.165) is 44.6 Å². The van der Waals surface area contributed by atoms with Crippen LogP contribution in [0.2, 0.25) is 0 Å². The summed E-state index contributed by atoms with van der Waals surface area (Å²) in [5, 5.41) is 12.0. The lowest BCUT2D eigenvalue weighted by Crippen LogP contribution is -2.44. The first kappa shape index (κ1) is 44.3. The van der Waals surface area contributed by atoms with Crippen LogP contribution in [0.15, 0.2) is 18.2 Å². The van der Waals surface area contributed by atoms with Gasteiger partial charge in [0.05, 0.1) is 17.2 Å². The number of carboxylic acids is 1. The number of amides is 1. The van der Waals surface area contributed by atoms with Gasteiger partial charge in [-0.2, -0.15) is 13.2 Å². The molecule has 2 N–H and O–H groups in total. The Morgan fingerprint density at radius 2 is 1.48 bits per heavy atom. The van der Waals surface area contributed by atoms with Gasteiger partial charge in [0.1, 0.15) is 5.60 Å². The molecule has 10 nitrogen and oxygen atoms in total. The smallest absolute Gasteiger partial charge is 0.417 e. The summed E-state index contributed by atoms with van der Waals surface area (Å²) >= 11 is 0. The normalized spacial score (nSPS) is 13.5. The van der Waals surface area contributed by atoms with Crippen molar-refractivity contribution in [2.75, 3.05) is 6.61 Å². The molecule has 0 saturated carbocycles. The topological polar surface area (TPSA) is 153 Å². The van der Waals surface area contributed by atoms with Gasteiger partial charge >= 0.3 is 24.1 Å². The number of aliphatic carboxylic acids is 1. The Labute approximate surface area is 293 Å². The van der Waals surface area contributed by atoms with Crippen molar-refractivity contribution in [3.8, 4) is 0 Å². The second-order valence-electron chi connectivity index (χ2n) is 13.8. The number of unbranched alkanes of at least 4 members (excludes halogenated alkanes) is 6. The molecule has 0 bridgehead atoms. The third-order valence-corrected chi connectivity index (χ3v) is 8.19. The molecule has 0 aliphatic rings. The van der Waals surface area contributed by atoms with Gasteiger partial charge in [0, 0.05) is 31.1 Å². The first-order chi connectivity index (χ1) is 23.3. The monoisotopic (exact) mass is 713 g/mol. The van der Waals surface area contributed by atoms with E-state index in [4.69, 9.17) is 9.47 Å². The minimum absolute atomic E-state index is 0.0281. The third-order valence-electron chi connectivity index (χ3n) is 8.19. The van der Waals surface area contributed by atoms with Gasteiger partial charge in [0.2, 0.25) is 5.91 Å². The van der Waals surface area contributed by atoms with E-state index in [1.165, 1.54) is 19.4 Å². The summed E-state index contributed by atoms with van der Waals surface area (Å²) in [5.41, 5.74) is -2.83. The van der Waals surface area contributed by atoms with Crippen LogP contribution in [0, 0.1) is 18.8 Å². The number of rotatable bonds is 23. The highest BCUT2D eigenvalue weighted by molar-refractivity contribution is 5.97. The van der Waals surface area contributed by atoms with E-state index in [0.29, 0.717) is 12.5 Å². The zero-order chi connectivity index (χ0) is 38.1. The van der Waals surface area contributed by atoms with E-state index in [9.17, 15) is 47.0 Å². The van der Waals surface area contributed by atoms with Crippen molar-refractivity contribution < 1.29 is 56.5 Å². The molecular formula is C37H54F3NO9. The lowest BCUT2D eigenvalue weighted by molar-refractivity contribution is -0.155. The lowest BCUT2D eigenvalue weighted by Gasteiger charge is -2.24. The second-order valence-corrected chi connectivity index (χ2v) is 13.8. The number of carboxylic acid groups (broad SMARTS) is 1. The number of hydrogen-bond acceptors (Lipinski definition) is 8. The lowest BCUT2D eigenvalue weighted by atomic mass is 9.89. The number of ether oxygens (including phenoxy) is 2. The molecule has 1 aromatic rings. The van der Waals surface area contributed by atoms with Crippen LogP contribution in [0.1, 0.15) is 140 Å². The molecule has 0 heterocycles. The molecule has 0 spiro atoms. The third kappa shape index (κ3) is 17.2. The predicted octanol–water partition coefficient (Wildman–Crippen LogP) is 7.56. The largest absolute Gasteiger partial charge is 0.481 e. The van der Waals surface area contributed by atoms with Crippen LogP contribution >= 0.6 is 0 Å². The van der Waals surface area contributed by atoms with Gasteiger partial charge in [-0.05, 0) is 58.6 Å². The molecule has 0 aliphatic heterocycles. The highest BCUT2D eigenvalue weighted by atomic mass is 19.4. The van der Waals surface area contributed by atoms with E-state index in [2.05, 4.69) is 12.2 Å². The average molecular weight is 714 g/mol. The Morgan fingerprint density at radius 3 is 2.06 bits per heavy atom. The maximum absolute atomic E-state index is 13.6. The number of hydrogen-bond donors (Lipinski definition) is 2. The molecule has 0 fully saturated rings. The fourth-order valence-corrected chi connectivity index (χ4v) is 5.38. The molecule has 50 heavy (non-hydrogen) atoms. The zero-order valence-electron chi connectivity index (χ0n) is 30.2. The molecule has 0 radical (unpaired) electrons. The molecule has 282 valence electrons. The van der Waals surface area contributed by atoms with E-state index in [1.54, 1.807) is 27.7 Å². The summed E-state index contributed by atoms with van der Waals surface area (Å²) < 4.78 is 50.9. The number of ketones is 2. The number of esters is 2. The number of halogens is 3. The van der Waals surface area contributed by atoms with Crippen molar-refractivity contribution >= 4 is 35.4 Å². The molecule has 0 saturated heterocycles. The van der Waals surface area contributed by atoms with E-state index in [-0.39, 0.29) is 24.8 Å². The van der Waals surface area contributed by atoms with Crippen molar-refractivity contribution in [1.82, 2.24) is 5.32 Å². The van der Waals surface area contributed by atoms with Crippen molar-refractivity contribution in [3.05, 3.63) is 34.9 Å². The molecular weight excluding hydrogens is 659 g/mol. The first-order valence-electron chi connectivity index (χ1n) is 17.4. The van der Waals surface area contributed by atoms with E-state index >= 15 is 0 Å². The minimum Gasteiger partial charge on any atom is -0.481 e. The standard InChI is InChI=1S/C37H54F3NO9/c1-7-8-9-10-11-12-13-15-25(3)34(47)41-28(19-21-32(46)50-36(4,5)6)29(42)22-26(18-20-31(44)45)30(43)23-49-35(48)33-24(2)16-14-17-27(33)37(38,39)40/h14,16-17,25-26,28H,7-13,15,18-23H2,1-6H3,(H,41,47)(H,44,45)/t25?,26-,28?/m1/s1. The fourth-order valence-electron chi connectivity index (χ4n) is 5.38. The van der Waals surface area contributed by atoms with Crippen molar-refractivity contribution in [1.29, 1.82) is 0 Å². The van der Waals surface area contributed by atoms with Gasteiger partial charge in [0.25, 0.3) is 0 Å². The van der Waals surface area contributed by atoms with Crippen LogP contribution < -0.4 is 5.32 Å². The zero-order valence-corrected chi connectivity index (χ0v) is 30.2. The van der Waals surface area contributed by atoms with Crippen LogP contribution in [0.3, 0.4) is 0 Å². The number of Topliss-reactive ketones (excluding diaryl/α,β-unsaturated/α-hetero) is 2. The maximum Gasteiger partial charge on any atom is 0.417 e. The second kappa shape index (κ2) is 21.4. The van der Waals surface area contributed by atoms with Gasteiger partial charge in [-0.25, -0.2) is 4.79 Å². The summed E-state index contributed by atoms with van der Waals surface area (Å²) in [6.45, 7) is 9.17. The Hall–Kier alpha value is -3.77. The number of carbonyl (C=O) groups excluding carboxylic acids is 5. The number of benzene rings is 1. The fraction of sp³-hybridized carbons (Fsp3) is 0.676. The van der Waals surface area contributed by atoms with Gasteiger partial charge < -0.3 is 19.9 Å². The summed E-state index contributed by atoms with van der Waals surface area (Å²) in [7, 11) is 0. The quantitative estimate of drug-likeness (QED) is 0.0864. The Balaban J connectivity index is 3.09. The summed E-state index contributed by atoms with van der Waals surface area (Å²) in [6.07, 6.45) is 1.35. The highest BCUT2D eigenvalue weighted by Crippen LogP contribution is 2.33. The van der Waals surface area contributed by atoms with E-state index in [1.807, 2.05) is 0 Å². The minimum atomic E-state index is -4.87. The SMILES string of the molecule is CCCCCCCCCC(C)C(=O)NC(CCC(=O)OC(C)(C)C)C(=O)C[C@@H](CCC(=O)O)C(=O)COC(=O)c1c(C)cccc1C(F)(F)F. The number of nitrogens with one attached hydrogen (secondary N) is 1. The Morgan fingerprint density at radius 1 is 0.860 bits per heavy atom. The Kier molecular flexibility index (Phi) is 19.0. The number of alkyl halides is 3. The van der Waals surface area contributed by atoms with Crippen LogP contribution in [-0.2, 0) is 39.6 Å². The molecule has 1 rings (SSSR count). The van der Waals surface area contributed by atoms with Gasteiger partial charge in [-0.3, -0.25) is 24.0 Å². The van der Waals surface area contributed by atoms with Crippen molar-refractivity contribution in [2.45, 2.75) is 143 Å². The highest BCUT2D eigenvalue weighted by Gasteiger charge is 2.37. The summed E-state index contributed by atoms with van der Waals surface area (Å²) in [6, 6.07) is 1.90. The van der Waals surface area contributed by atoms with Crippen LogP contribution in [0.5, 0.6) is 0 Å². The van der Waals surface area contributed by atoms with Crippen LogP contribution in [0.25, 0.3) is 0 Å². The maximum atomic E-state index is 13.6. The molecule has 0 aromatic heterocycles. The van der Waals surface area contributed by atoms with Crippen molar-refractivity contribution in [3.63, 3.8) is 0 Å². The van der Waals surface area contributed by atoms with Gasteiger partial charge in [-0.15, -0.1) is 0 Å². The van der Waals surface area contributed by atoms with Gasteiger partial charge in [0.15, 0.2) is 18.2 Å². The number of carbonyl (C=O) groups is 6. The van der Waals surface area contributed by atoms with Crippen LogP contribution in [-0.4, -0.2) is 58.7 Å². The molecule has 13 heteroatoms. The molecule has 2 unspecified atom stereocenters. The predicted molar refractivity (Wildman–Crippen MR) is 180 cm³/mol. The van der Waals surface area contributed by atoms with Crippen molar-refractivity contribution in [2.24, 2.45) is 11.8 Å². The summed E-state index contributed by atoms with van der Waals surface area (Å²) in [4.78, 5) is 76.5. The molecule has 0 aliphatic carbocycles. The average Bonchev–Trinajstić information content (AvgIpc) is 3.01. The van der Waals surface area contributed by atoms with E-state index < -0.39 is 95.6 Å². The molecule has 1 aromatic carbocycles.